The lowest BCUT2D eigenvalue weighted by Crippen LogP contribution is -2.60. The number of hydrogen-bond donors (Lipinski definition) is 13. The summed E-state index contributed by atoms with van der Waals surface area (Å²) in [4.78, 5) is 5.64. The smallest absolute Gasteiger partial charge is 0.388 e. The van der Waals surface area contributed by atoms with Gasteiger partial charge in [-0.1, -0.05) is 40.3 Å². The molecule has 6 rings (SSSR count). The zero-order chi connectivity index (χ0) is 83.1. The van der Waals surface area contributed by atoms with Gasteiger partial charge in [-0.25, -0.2) is 51.1 Å². The van der Waals surface area contributed by atoms with Crippen molar-refractivity contribution in [1.29, 1.82) is 0 Å². The molecule has 114 heavy (non-hydrogen) atoms. The van der Waals surface area contributed by atoms with Crippen molar-refractivity contribution in [2.75, 3.05) is 79.3 Å². The van der Waals surface area contributed by atoms with Crippen molar-refractivity contribution in [1.82, 2.24) is 0 Å². The van der Waals surface area contributed by atoms with Gasteiger partial charge in [0, 0.05) is 36.2 Å². The Morgan fingerprint density at radius 2 is 0.623 bits per heavy atom. The van der Waals surface area contributed by atoms with Gasteiger partial charge >= 0.3 is 21.8 Å². The molecule has 0 aromatic rings. The van der Waals surface area contributed by atoms with E-state index in [-0.39, 0.29) is 125 Å². The average Bonchev–Trinajstić information content (AvgIpc) is 0.810. The van der Waals surface area contributed by atoms with Crippen LogP contribution in [0.25, 0.3) is 0 Å². The maximum absolute atomic E-state index is 12.3. The Bertz CT molecular complexity index is 2640. The van der Waals surface area contributed by atoms with Crippen LogP contribution in [0.4, 0.5) is 0 Å². The normalized spacial score (nSPS) is 36.7. The van der Waals surface area contributed by atoms with E-state index in [1.807, 2.05) is 0 Å². The summed E-state index contributed by atoms with van der Waals surface area (Å²) in [5.41, 5.74) is 0. The van der Waals surface area contributed by atoms with Crippen molar-refractivity contribution >= 4 is 120 Å². The topological polar surface area (TPSA) is 674 Å². The van der Waals surface area contributed by atoms with Crippen molar-refractivity contribution < 1.29 is 258 Å². The van der Waals surface area contributed by atoms with E-state index < -0.39 is 257 Å². The lowest BCUT2D eigenvalue weighted by Gasteiger charge is -2.47. The Morgan fingerprint density at radius 3 is 1.07 bits per heavy atom. The molecule has 0 aromatic heterocycles. The maximum Gasteiger partial charge on any atom is 0.397 e. The largest absolute Gasteiger partial charge is 0.397 e. The molecule has 13 unspecified atom stereocenters. The van der Waals surface area contributed by atoms with Gasteiger partial charge in [-0.15, -0.1) is 39.0 Å². The van der Waals surface area contributed by atoms with Crippen LogP contribution >= 0.6 is 98.6 Å². The molecule has 0 spiro atoms. The van der Waals surface area contributed by atoms with Crippen LogP contribution in [0, 0.1) is 29.6 Å². The van der Waals surface area contributed by atoms with E-state index >= 15 is 0 Å². The quantitative estimate of drug-likeness (QED) is 0.0104. The van der Waals surface area contributed by atoms with Crippen LogP contribution in [-0.4, -0.2) is 311 Å². The first-order chi connectivity index (χ1) is 54.9. The first-order valence-electron chi connectivity index (χ1n) is 32.9. The Morgan fingerprint density at radius 1 is 0.316 bits per heavy atom. The highest BCUT2D eigenvalue weighted by molar-refractivity contribution is 7.91. The summed E-state index contributed by atoms with van der Waals surface area (Å²) < 4.78 is 222. The molecular weight excluding hydrogens is 1790 g/mol. The van der Waals surface area contributed by atoms with Gasteiger partial charge < -0.3 is 72.2 Å². The first-order valence-corrected chi connectivity index (χ1v) is 40.6. The molecule has 6 saturated heterocycles. The minimum atomic E-state index is -5.29. The van der Waals surface area contributed by atoms with Crippen LogP contribution in [-0.2, 0) is 200 Å². The molecule has 13 N–H and O–H groups in total. The minimum absolute atomic E-state index is 0.0693. The molecule has 0 aliphatic carbocycles. The molecule has 0 saturated carbocycles. The molecule has 6 heterocycles. The van der Waals surface area contributed by atoms with Crippen molar-refractivity contribution in [2.24, 2.45) is 29.6 Å². The lowest BCUT2D eigenvalue weighted by molar-refractivity contribution is -0.436. The second-order valence-electron chi connectivity index (χ2n) is 24.4. The standard InChI is InChI=1S/C49H88O55S10/c1-8-66-14-31-27(29(41(22(4)74-31)79-105-96-88-53)12-70-19-36-47(85-111-102-94-59)49(86-112-103-95-60)44(25(7)77-36)82-108-99-91-56)10-67-15-32-26(9-68-16-33-38(51)48(87-114(63,64)65)37(50)20(2)72-33)28(40(21(3)73-32)78-104-113(61)62)11-69-17-34-45(83-109-100-92-57)30(42(23(5)75-34)80-106-97-89-54)13-71-18-35-46(84-110-101-93-58)39(52)43(24(6)76-35)81-107-98-90-55/h20-60H,8-19H2,1-7H3,(H,61,62)(H,63,64,65)/t20?,21?,22?,23?,24?,25?,26?,27?,28-,29-,30+,31+,32+,33+,34+,35+,36+,37+,38?,39+,40+,41+,42+,43+,44+,45?,46?,47?,48+,49+/m1/s1. The van der Waals surface area contributed by atoms with Gasteiger partial charge in [0.15, 0.2) is 98.6 Å². The fraction of sp³-hybridized carbons (Fsp3) is 1.00. The van der Waals surface area contributed by atoms with E-state index in [0.717, 1.165) is 0 Å². The molecule has 0 radical (unpaired) electrons. The zero-order valence-corrected chi connectivity index (χ0v) is 68.0. The SMILES string of the molecule is CCOC[C@@H]1OC(C)[C@H](OSOOO)[C@H](COC[C@@H]2OC(C)[C@H](OSOOO)[C@H](OSOOO)C2OSOOO)C1COC[C@@H]1OC(C)[C@H](OOS(=O)O)[C@H](COC[C@@H]2OC(C)[C@H](OSOOO)[C@H](COC[C@@H]3OC(C)[C@H](OSOOO)[C@H](O)C3OSOOO)C2OSOOO)C1COC[C@@H]1OC(C)[C@H](O)[C@H](OS(=O)(=O)O)C1O. The van der Waals surface area contributed by atoms with Crippen LogP contribution in [0.1, 0.15) is 48.5 Å². The van der Waals surface area contributed by atoms with Crippen LogP contribution < -0.4 is 0 Å². The molecule has 6 aliphatic heterocycles. The van der Waals surface area contributed by atoms with Crippen molar-refractivity contribution in [3.05, 3.63) is 0 Å². The number of aliphatic hydroxyl groups excluding tert-OH is 3. The summed E-state index contributed by atoms with van der Waals surface area (Å²) in [5.74, 6) is -5.05. The van der Waals surface area contributed by atoms with Gasteiger partial charge in [0.25, 0.3) is 0 Å². The summed E-state index contributed by atoms with van der Waals surface area (Å²) in [6, 6.07) is 0. The molecule has 674 valence electrons. The van der Waals surface area contributed by atoms with E-state index in [0.29, 0.717) is 0 Å². The third kappa shape index (κ3) is 33.6. The summed E-state index contributed by atoms with van der Waals surface area (Å²) >= 11 is -2.11. The fourth-order valence-electron chi connectivity index (χ4n) is 13.1. The Labute approximate surface area is 684 Å². The Hall–Kier alpha value is 0.820. The Kier molecular flexibility index (Phi) is 52.2. The summed E-state index contributed by atoms with van der Waals surface area (Å²) in [6.07, 6.45) is -32.4. The van der Waals surface area contributed by atoms with Gasteiger partial charge in [0.1, 0.15) is 104 Å². The van der Waals surface area contributed by atoms with Crippen LogP contribution in [0.2, 0.25) is 0 Å². The Balaban J connectivity index is 1.34. The van der Waals surface area contributed by atoms with Gasteiger partial charge in [0.2, 0.25) is 0 Å². The second-order valence-corrected chi connectivity index (χ2v) is 29.8. The maximum atomic E-state index is 12.3. The molecule has 31 atom stereocenters. The van der Waals surface area contributed by atoms with Gasteiger partial charge in [-0.2, -0.15) is 12.6 Å². The van der Waals surface area contributed by atoms with Gasteiger partial charge in [0.05, 0.1) is 122 Å². The average molecular weight is 1880 g/mol. The van der Waals surface area contributed by atoms with Crippen molar-refractivity contribution in [2.45, 2.75) is 201 Å². The predicted molar refractivity (Wildman–Crippen MR) is 363 cm³/mol. The van der Waals surface area contributed by atoms with Crippen molar-refractivity contribution in [3.8, 4) is 0 Å². The predicted octanol–water partition coefficient (Wildman–Crippen LogP) is 2.59. The van der Waals surface area contributed by atoms with E-state index in [1.165, 1.54) is 34.6 Å². The number of rotatable bonds is 60. The minimum Gasteiger partial charge on any atom is -0.388 e. The number of ether oxygens (including phenoxy) is 12. The highest BCUT2D eigenvalue weighted by Crippen LogP contribution is 2.43. The zero-order valence-electron chi connectivity index (χ0n) is 59.8. The van der Waals surface area contributed by atoms with E-state index in [2.05, 4.69) is 79.2 Å². The summed E-state index contributed by atoms with van der Waals surface area (Å²) in [5, 5.41) is 135. The van der Waals surface area contributed by atoms with Crippen LogP contribution in [0.15, 0.2) is 0 Å². The monoisotopic (exact) mass is 1880 g/mol. The summed E-state index contributed by atoms with van der Waals surface area (Å²) in [6.45, 7) is 6.53. The first kappa shape index (κ1) is 104. The van der Waals surface area contributed by atoms with E-state index in [1.54, 1.807) is 13.8 Å². The lowest BCUT2D eigenvalue weighted by atomic mass is 9.79. The molecule has 65 heteroatoms. The van der Waals surface area contributed by atoms with Crippen LogP contribution in [0.5, 0.6) is 0 Å². The summed E-state index contributed by atoms with van der Waals surface area (Å²) in [7, 11) is -5.29. The molecule has 6 aliphatic rings. The van der Waals surface area contributed by atoms with Gasteiger partial charge in [-0.3, -0.25) is 42.6 Å². The molecule has 0 aromatic carbocycles. The van der Waals surface area contributed by atoms with E-state index in [4.69, 9.17) is 136 Å². The van der Waals surface area contributed by atoms with E-state index in [9.17, 15) is 42.3 Å². The highest BCUT2D eigenvalue weighted by Gasteiger charge is 2.55. The molecule has 0 amide bonds. The molecule has 55 nitrogen and oxygen atoms in total. The molecular formula is C49H88O55S10. The second kappa shape index (κ2) is 57.4. The number of aliphatic hydroxyl groups is 3. The van der Waals surface area contributed by atoms with Gasteiger partial charge in [-0.05, 0) is 48.5 Å². The van der Waals surface area contributed by atoms with Crippen LogP contribution in [0.3, 0.4) is 0 Å². The van der Waals surface area contributed by atoms with Crippen molar-refractivity contribution in [3.63, 3.8) is 0 Å². The third-order valence-corrected chi connectivity index (χ3v) is 21.9. The highest BCUT2D eigenvalue weighted by atomic mass is 32.3. The third-order valence-electron chi connectivity index (χ3n) is 17.9. The fourth-order valence-corrected chi connectivity index (χ4v) is 17.1. The molecule has 6 fully saturated rings. The number of hydrogen-bond acceptors (Lipinski definition) is 61. The molecule has 0 bridgehead atoms.